The van der Waals surface area contributed by atoms with Gasteiger partial charge in [0.2, 0.25) is 0 Å². The van der Waals surface area contributed by atoms with Gasteiger partial charge in [0.25, 0.3) is 0 Å². The van der Waals surface area contributed by atoms with Crippen LogP contribution < -0.4 is 5.32 Å². The maximum atomic E-state index is 9.02. The van der Waals surface area contributed by atoms with Crippen LogP contribution in [-0.4, -0.2) is 45.0 Å². The summed E-state index contributed by atoms with van der Waals surface area (Å²) in [6.07, 6.45) is 0.317. The van der Waals surface area contributed by atoms with Crippen molar-refractivity contribution in [3.63, 3.8) is 0 Å². The lowest BCUT2D eigenvalue weighted by Gasteiger charge is -2.37. The first kappa shape index (κ1) is 17.9. The number of hydrogen-bond donors (Lipinski definition) is 1. The smallest absolute Gasteiger partial charge is 0.192 e. The lowest BCUT2D eigenvalue weighted by Crippen LogP contribution is -2.47. The van der Waals surface area contributed by atoms with Crippen molar-refractivity contribution in [1.82, 2.24) is 5.32 Å². The molecule has 0 amide bonds. The molecular weight excluding hydrogens is 296 g/mol. The molecule has 2 heterocycles. The number of nitrogens with zero attached hydrogens (tertiary/aromatic N) is 1. The lowest BCUT2D eigenvalue weighted by molar-refractivity contribution is -0.157. The standard InChI is InChI=1S/C16H30N2O3Si/c1-15(2,3)22(6,7)19-10-12-14-13(11(18-12)8-9-17)20-16(4,5)21-14/h11-14,18H,8,10H2,1-7H3/t11-,12+,13?,14-/m0/s1. The predicted octanol–water partition coefficient (Wildman–Crippen LogP) is 2.78. The van der Waals surface area contributed by atoms with Gasteiger partial charge >= 0.3 is 0 Å². The van der Waals surface area contributed by atoms with Gasteiger partial charge in [-0.25, -0.2) is 0 Å². The highest BCUT2D eigenvalue weighted by Gasteiger charge is 2.54. The number of hydrogen-bond acceptors (Lipinski definition) is 5. The molecule has 2 aliphatic rings. The molecule has 4 atom stereocenters. The molecule has 0 spiro atoms. The normalized spacial score (nSPS) is 34.5. The van der Waals surface area contributed by atoms with E-state index in [1.165, 1.54) is 0 Å². The zero-order chi connectivity index (χ0) is 16.8. The molecule has 6 heteroatoms. The van der Waals surface area contributed by atoms with Crippen LogP contribution in [0.5, 0.6) is 0 Å². The number of nitriles is 1. The first-order chi connectivity index (χ1) is 9.97. The largest absolute Gasteiger partial charge is 0.415 e. The van der Waals surface area contributed by atoms with E-state index in [-0.39, 0.29) is 29.3 Å². The Morgan fingerprint density at radius 3 is 2.23 bits per heavy atom. The Bertz CT molecular complexity index is 453. The summed E-state index contributed by atoms with van der Waals surface area (Å²) >= 11 is 0. The summed E-state index contributed by atoms with van der Waals surface area (Å²) in [5.74, 6) is -0.583. The first-order valence-electron chi connectivity index (χ1n) is 8.09. The van der Waals surface area contributed by atoms with Gasteiger partial charge in [0.15, 0.2) is 14.1 Å². The van der Waals surface area contributed by atoms with Crippen molar-refractivity contribution in [2.24, 2.45) is 0 Å². The second kappa shape index (κ2) is 5.88. The third-order valence-electron chi connectivity index (χ3n) is 5.13. The van der Waals surface area contributed by atoms with Gasteiger partial charge in [-0.1, -0.05) is 20.8 Å². The number of ether oxygens (including phenoxy) is 2. The second-order valence-electron chi connectivity index (χ2n) is 8.38. The van der Waals surface area contributed by atoms with Crippen LogP contribution in [0.3, 0.4) is 0 Å². The van der Waals surface area contributed by atoms with E-state index in [9.17, 15) is 0 Å². The molecule has 2 rings (SSSR count). The molecule has 0 aromatic rings. The van der Waals surface area contributed by atoms with Gasteiger partial charge in [0, 0.05) is 6.04 Å². The van der Waals surface area contributed by atoms with Crippen LogP contribution in [0, 0.1) is 11.3 Å². The molecule has 22 heavy (non-hydrogen) atoms. The van der Waals surface area contributed by atoms with Crippen molar-refractivity contribution < 1.29 is 13.9 Å². The summed E-state index contributed by atoms with van der Waals surface area (Å²) in [6.45, 7) is 15.7. The molecule has 0 radical (unpaired) electrons. The molecular formula is C16H30N2O3Si. The Kier molecular flexibility index (Phi) is 4.78. The monoisotopic (exact) mass is 326 g/mol. The van der Waals surface area contributed by atoms with Crippen LogP contribution in [0.1, 0.15) is 41.0 Å². The van der Waals surface area contributed by atoms with Gasteiger partial charge in [-0.3, -0.25) is 0 Å². The minimum Gasteiger partial charge on any atom is -0.415 e. The predicted molar refractivity (Wildman–Crippen MR) is 87.9 cm³/mol. The topological polar surface area (TPSA) is 63.5 Å². The van der Waals surface area contributed by atoms with Crippen molar-refractivity contribution in [1.29, 1.82) is 5.26 Å². The fourth-order valence-corrected chi connectivity index (χ4v) is 3.86. The van der Waals surface area contributed by atoms with Crippen molar-refractivity contribution in [2.75, 3.05) is 6.61 Å². The molecule has 0 aliphatic carbocycles. The van der Waals surface area contributed by atoms with Gasteiger partial charge in [-0.15, -0.1) is 0 Å². The average molecular weight is 327 g/mol. The third-order valence-corrected chi connectivity index (χ3v) is 9.63. The zero-order valence-corrected chi connectivity index (χ0v) is 15.9. The second-order valence-corrected chi connectivity index (χ2v) is 13.2. The van der Waals surface area contributed by atoms with E-state index >= 15 is 0 Å². The van der Waals surface area contributed by atoms with E-state index in [4.69, 9.17) is 19.2 Å². The molecule has 2 saturated heterocycles. The molecule has 1 N–H and O–H groups in total. The molecule has 0 aromatic carbocycles. The van der Waals surface area contributed by atoms with E-state index in [1.54, 1.807) is 0 Å². The fraction of sp³-hybridized carbons (Fsp3) is 0.938. The lowest BCUT2D eigenvalue weighted by atomic mass is 10.1. The molecule has 0 aromatic heterocycles. The van der Waals surface area contributed by atoms with Gasteiger partial charge in [0.1, 0.15) is 12.2 Å². The van der Waals surface area contributed by atoms with Crippen molar-refractivity contribution in [3.05, 3.63) is 0 Å². The number of rotatable bonds is 4. The first-order valence-corrected chi connectivity index (χ1v) is 11.0. The summed E-state index contributed by atoms with van der Waals surface area (Å²) in [5, 5.41) is 12.7. The highest BCUT2D eigenvalue weighted by molar-refractivity contribution is 6.74. The van der Waals surface area contributed by atoms with Gasteiger partial charge in [-0.05, 0) is 32.0 Å². The quantitative estimate of drug-likeness (QED) is 0.805. The van der Waals surface area contributed by atoms with Crippen LogP contribution in [0.15, 0.2) is 0 Å². The van der Waals surface area contributed by atoms with Gasteiger partial charge in [0.05, 0.1) is 25.1 Å². The fourth-order valence-electron chi connectivity index (χ4n) is 2.84. The van der Waals surface area contributed by atoms with Crippen molar-refractivity contribution >= 4 is 8.32 Å². The van der Waals surface area contributed by atoms with Gasteiger partial charge in [-0.2, -0.15) is 5.26 Å². The average Bonchev–Trinajstić information content (AvgIpc) is 2.81. The van der Waals surface area contributed by atoms with Crippen molar-refractivity contribution in [2.45, 2.75) is 89.3 Å². The third kappa shape index (κ3) is 3.55. The molecule has 2 fully saturated rings. The Labute approximate surface area is 135 Å². The highest BCUT2D eigenvalue weighted by atomic mass is 28.4. The molecule has 0 bridgehead atoms. The number of nitrogens with one attached hydrogen (secondary N) is 1. The molecule has 1 unspecified atom stereocenters. The molecule has 5 nitrogen and oxygen atoms in total. The Morgan fingerprint density at radius 2 is 1.73 bits per heavy atom. The van der Waals surface area contributed by atoms with Crippen LogP contribution in [-0.2, 0) is 13.9 Å². The van der Waals surface area contributed by atoms with E-state index in [2.05, 4.69) is 45.3 Å². The van der Waals surface area contributed by atoms with Crippen molar-refractivity contribution in [3.8, 4) is 6.07 Å². The van der Waals surface area contributed by atoms with E-state index in [0.29, 0.717) is 13.0 Å². The van der Waals surface area contributed by atoms with Crippen LogP contribution >= 0.6 is 0 Å². The molecule has 0 saturated carbocycles. The van der Waals surface area contributed by atoms with E-state index in [0.717, 1.165) is 0 Å². The number of fused-ring (bicyclic) bond motifs is 1. The maximum Gasteiger partial charge on any atom is 0.192 e. The summed E-state index contributed by atoms with van der Waals surface area (Å²) < 4.78 is 18.4. The molecule has 2 aliphatic heterocycles. The minimum absolute atomic E-state index is 0.0183. The van der Waals surface area contributed by atoms with Gasteiger partial charge < -0.3 is 19.2 Å². The molecule has 126 valence electrons. The summed E-state index contributed by atoms with van der Waals surface area (Å²) in [6, 6.07) is 2.34. The van der Waals surface area contributed by atoms with E-state index < -0.39 is 14.1 Å². The SMILES string of the molecule is CC1(C)OC2[C@H](CC#N)N[C@H](CO[Si](C)(C)C(C)(C)C)[C@@H]2O1. The summed E-state index contributed by atoms with van der Waals surface area (Å²) in [7, 11) is -1.79. The maximum absolute atomic E-state index is 9.02. The van der Waals surface area contributed by atoms with Crippen LogP contribution in [0.4, 0.5) is 0 Å². The summed E-state index contributed by atoms with van der Waals surface area (Å²) in [4.78, 5) is 0. The van der Waals surface area contributed by atoms with Crippen LogP contribution in [0.25, 0.3) is 0 Å². The Morgan fingerprint density at radius 1 is 1.18 bits per heavy atom. The van der Waals surface area contributed by atoms with E-state index in [1.807, 2.05) is 13.8 Å². The van der Waals surface area contributed by atoms with Crippen LogP contribution in [0.2, 0.25) is 18.1 Å². The summed E-state index contributed by atoms with van der Waals surface area (Å²) in [5.41, 5.74) is 0. The zero-order valence-electron chi connectivity index (χ0n) is 14.9. The Balaban J connectivity index is 2.04. The highest BCUT2D eigenvalue weighted by Crippen LogP contribution is 2.39. The minimum atomic E-state index is -1.79. The Hall–Kier alpha value is -0.453.